The predicted molar refractivity (Wildman–Crippen MR) is 57.2 cm³/mol. The second-order valence-corrected chi connectivity index (χ2v) is 3.94. The largest absolute Gasteiger partial charge is 0.505 e. The highest BCUT2D eigenvalue weighted by Gasteiger charge is 2.20. The second-order valence-electron chi connectivity index (χ2n) is 3.94. The summed E-state index contributed by atoms with van der Waals surface area (Å²) in [5.74, 6) is 0.245. The highest BCUT2D eigenvalue weighted by molar-refractivity contribution is 5.58. The van der Waals surface area contributed by atoms with E-state index in [-0.39, 0.29) is 11.8 Å². The summed E-state index contributed by atoms with van der Waals surface area (Å²) in [6.07, 6.45) is 2.24. The van der Waals surface area contributed by atoms with Crippen molar-refractivity contribution in [3.05, 3.63) is 23.3 Å². The Labute approximate surface area is 83.9 Å². The van der Waals surface area contributed by atoms with Gasteiger partial charge in [-0.15, -0.1) is 0 Å². The molecule has 1 atom stereocenters. The molecule has 0 spiro atoms. The molecule has 3 nitrogen and oxygen atoms in total. The number of nitrogens with one attached hydrogen (secondary N) is 1. The van der Waals surface area contributed by atoms with Gasteiger partial charge >= 0.3 is 0 Å². The predicted octanol–water partition coefficient (Wildman–Crippen LogP) is 1.71. The maximum Gasteiger partial charge on any atom is 0.143 e. The molecule has 1 aliphatic heterocycles. The lowest BCUT2D eigenvalue weighted by molar-refractivity contribution is 0.459. The van der Waals surface area contributed by atoms with Gasteiger partial charge in [0.2, 0.25) is 0 Å². The molecule has 0 unspecified atom stereocenters. The van der Waals surface area contributed by atoms with Crippen LogP contribution in [0.4, 0.5) is 5.69 Å². The van der Waals surface area contributed by atoms with Crippen LogP contribution in [0.25, 0.3) is 0 Å². The third-order valence-electron chi connectivity index (χ3n) is 2.75. The molecule has 1 aliphatic rings. The summed E-state index contributed by atoms with van der Waals surface area (Å²) < 4.78 is 0. The molecule has 76 valence electrons. The summed E-state index contributed by atoms with van der Waals surface area (Å²) in [6, 6.07) is 4.08. The Morgan fingerprint density at radius 1 is 1.50 bits per heavy atom. The van der Waals surface area contributed by atoms with E-state index in [9.17, 15) is 5.11 Å². The number of aromatic hydroxyl groups is 1. The molecule has 1 aromatic carbocycles. The van der Waals surface area contributed by atoms with Gasteiger partial charge in [-0.05, 0) is 37.9 Å². The molecule has 1 saturated heterocycles. The van der Waals surface area contributed by atoms with Crippen molar-refractivity contribution in [1.29, 1.82) is 0 Å². The van der Waals surface area contributed by atoms with Gasteiger partial charge in [0.1, 0.15) is 5.75 Å². The molecule has 0 radical (unpaired) electrons. The molecule has 4 N–H and O–H groups in total. The van der Waals surface area contributed by atoms with Crippen LogP contribution in [0.3, 0.4) is 0 Å². The van der Waals surface area contributed by atoms with Crippen LogP contribution in [0.1, 0.15) is 30.0 Å². The smallest absolute Gasteiger partial charge is 0.143 e. The molecule has 2 rings (SSSR count). The Hall–Kier alpha value is -1.22. The van der Waals surface area contributed by atoms with Gasteiger partial charge < -0.3 is 16.2 Å². The standard InChI is InChI=1S/C11H16N2O/c1-7-5-8(10-3-2-4-13-10)11(14)9(12)6-7/h5-6,10,13-14H,2-4,12H2,1H3/t10-/m1/s1. The molecular formula is C11H16N2O. The number of nitrogens with two attached hydrogens (primary N) is 1. The highest BCUT2D eigenvalue weighted by atomic mass is 16.3. The van der Waals surface area contributed by atoms with E-state index >= 15 is 0 Å². The minimum absolute atomic E-state index is 0.245. The molecule has 0 bridgehead atoms. The third-order valence-corrected chi connectivity index (χ3v) is 2.75. The fourth-order valence-corrected chi connectivity index (χ4v) is 2.05. The summed E-state index contributed by atoms with van der Waals surface area (Å²) >= 11 is 0. The van der Waals surface area contributed by atoms with Gasteiger partial charge in [-0.3, -0.25) is 0 Å². The molecule has 0 aliphatic carbocycles. The van der Waals surface area contributed by atoms with Crippen molar-refractivity contribution >= 4 is 5.69 Å². The number of benzene rings is 1. The van der Waals surface area contributed by atoms with Gasteiger partial charge in [-0.25, -0.2) is 0 Å². The normalized spacial score (nSPS) is 21.4. The van der Waals surface area contributed by atoms with E-state index in [2.05, 4.69) is 5.32 Å². The van der Waals surface area contributed by atoms with Crippen LogP contribution in [0, 0.1) is 6.92 Å². The van der Waals surface area contributed by atoms with Crippen molar-refractivity contribution in [2.24, 2.45) is 0 Å². The van der Waals surface area contributed by atoms with Crippen LogP contribution in [-0.4, -0.2) is 11.7 Å². The van der Waals surface area contributed by atoms with Crippen LogP contribution in [-0.2, 0) is 0 Å². The Morgan fingerprint density at radius 3 is 2.93 bits per heavy atom. The minimum Gasteiger partial charge on any atom is -0.505 e. The summed E-state index contributed by atoms with van der Waals surface area (Å²) in [7, 11) is 0. The van der Waals surface area contributed by atoms with Crippen LogP contribution in [0.5, 0.6) is 5.75 Å². The van der Waals surface area contributed by atoms with Gasteiger partial charge in [-0.1, -0.05) is 6.07 Å². The first-order valence-corrected chi connectivity index (χ1v) is 5.01. The molecule has 0 amide bonds. The Morgan fingerprint density at radius 2 is 2.29 bits per heavy atom. The summed E-state index contributed by atoms with van der Waals surface area (Å²) in [6.45, 7) is 3.02. The van der Waals surface area contributed by atoms with Crippen molar-refractivity contribution < 1.29 is 5.11 Å². The first-order chi connectivity index (χ1) is 6.68. The van der Waals surface area contributed by atoms with E-state index in [0.717, 1.165) is 30.5 Å². The average Bonchev–Trinajstić information content (AvgIpc) is 2.63. The number of anilines is 1. The van der Waals surface area contributed by atoms with Crippen LogP contribution >= 0.6 is 0 Å². The lowest BCUT2D eigenvalue weighted by Gasteiger charge is -2.14. The second kappa shape index (κ2) is 3.50. The number of hydrogen-bond donors (Lipinski definition) is 3. The Balaban J connectivity index is 2.40. The first kappa shape index (κ1) is 9.34. The van der Waals surface area contributed by atoms with Gasteiger partial charge in [0.15, 0.2) is 0 Å². The summed E-state index contributed by atoms with van der Waals surface area (Å²) in [4.78, 5) is 0. The van der Waals surface area contributed by atoms with Crippen molar-refractivity contribution in [3.8, 4) is 5.75 Å². The lowest BCUT2D eigenvalue weighted by Crippen LogP contribution is -2.13. The minimum atomic E-state index is 0.245. The maximum absolute atomic E-state index is 9.82. The van der Waals surface area contributed by atoms with Gasteiger partial charge in [0.05, 0.1) is 5.69 Å². The zero-order valence-corrected chi connectivity index (χ0v) is 8.38. The van der Waals surface area contributed by atoms with Crippen molar-refractivity contribution in [2.75, 3.05) is 12.3 Å². The first-order valence-electron chi connectivity index (χ1n) is 5.01. The Kier molecular flexibility index (Phi) is 2.33. The highest BCUT2D eigenvalue weighted by Crippen LogP contribution is 2.34. The van der Waals surface area contributed by atoms with Gasteiger partial charge in [0.25, 0.3) is 0 Å². The zero-order chi connectivity index (χ0) is 10.1. The molecule has 0 aromatic heterocycles. The van der Waals surface area contributed by atoms with E-state index in [1.165, 1.54) is 0 Å². The van der Waals surface area contributed by atoms with E-state index in [0.29, 0.717) is 5.69 Å². The third kappa shape index (κ3) is 1.55. The molecule has 1 fully saturated rings. The fraction of sp³-hybridized carbons (Fsp3) is 0.455. The van der Waals surface area contributed by atoms with Crippen molar-refractivity contribution in [3.63, 3.8) is 0 Å². The summed E-state index contributed by atoms with van der Waals surface area (Å²) in [5, 5.41) is 13.2. The van der Waals surface area contributed by atoms with Crippen molar-refractivity contribution in [1.82, 2.24) is 5.32 Å². The number of phenolic OH excluding ortho intramolecular Hbond substituents is 1. The van der Waals surface area contributed by atoms with Crippen molar-refractivity contribution in [2.45, 2.75) is 25.8 Å². The monoisotopic (exact) mass is 192 g/mol. The van der Waals surface area contributed by atoms with Gasteiger partial charge in [0, 0.05) is 11.6 Å². The quantitative estimate of drug-likeness (QED) is 0.469. The van der Waals surface area contributed by atoms with E-state index < -0.39 is 0 Å². The Bertz CT molecular complexity index is 343. The SMILES string of the molecule is Cc1cc(N)c(O)c([C@H]2CCCN2)c1. The molecule has 1 heterocycles. The van der Waals surface area contributed by atoms with E-state index in [4.69, 9.17) is 5.73 Å². The van der Waals surface area contributed by atoms with Crippen LogP contribution in [0.15, 0.2) is 12.1 Å². The summed E-state index contributed by atoms with van der Waals surface area (Å²) in [5.41, 5.74) is 8.24. The molecular weight excluding hydrogens is 176 g/mol. The average molecular weight is 192 g/mol. The molecule has 1 aromatic rings. The molecule has 0 saturated carbocycles. The molecule has 3 heteroatoms. The van der Waals surface area contributed by atoms with Crippen LogP contribution < -0.4 is 11.1 Å². The fourth-order valence-electron chi connectivity index (χ4n) is 2.05. The number of nitrogen functional groups attached to an aromatic ring is 1. The maximum atomic E-state index is 9.82. The van der Waals surface area contributed by atoms with Gasteiger partial charge in [-0.2, -0.15) is 0 Å². The number of rotatable bonds is 1. The number of hydrogen-bond acceptors (Lipinski definition) is 3. The molecule has 14 heavy (non-hydrogen) atoms. The number of aryl methyl sites for hydroxylation is 1. The van der Waals surface area contributed by atoms with Crippen LogP contribution in [0.2, 0.25) is 0 Å². The van der Waals surface area contributed by atoms with E-state index in [1.807, 2.05) is 13.0 Å². The van der Waals surface area contributed by atoms with E-state index in [1.54, 1.807) is 6.07 Å². The zero-order valence-electron chi connectivity index (χ0n) is 8.38. The topological polar surface area (TPSA) is 58.3 Å². The number of phenols is 1. The lowest BCUT2D eigenvalue weighted by atomic mass is 10.0.